The number of nitrogens with zero attached hydrogens (tertiary/aromatic N) is 2. The molecule has 1 aromatic carbocycles. The number of benzene rings is 1. The Morgan fingerprint density at radius 2 is 1.90 bits per heavy atom. The van der Waals surface area contributed by atoms with Gasteiger partial charge in [0.15, 0.2) is 12.0 Å². The Morgan fingerprint density at radius 3 is 2.48 bits per heavy atom. The Hall–Kier alpha value is -2.48. The first-order chi connectivity index (χ1) is 14.0. The Balaban J connectivity index is 1.81. The number of nitrogens with one attached hydrogen (secondary N) is 1. The molecule has 0 aliphatic carbocycles. The summed E-state index contributed by atoms with van der Waals surface area (Å²) in [6.07, 6.45) is -0.505. The van der Waals surface area contributed by atoms with Gasteiger partial charge in [-0.1, -0.05) is 44.2 Å². The second kappa shape index (κ2) is 8.10. The van der Waals surface area contributed by atoms with Crippen molar-refractivity contribution in [3.63, 3.8) is 0 Å². The highest BCUT2D eigenvalue weighted by atomic mass is 32.1. The van der Waals surface area contributed by atoms with E-state index in [1.807, 2.05) is 17.5 Å². The van der Waals surface area contributed by atoms with E-state index in [4.69, 9.17) is 9.47 Å². The van der Waals surface area contributed by atoms with E-state index >= 15 is 0 Å². The van der Waals surface area contributed by atoms with E-state index < -0.39 is 6.29 Å². The summed E-state index contributed by atoms with van der Waals surface area (Å²) in [5.41, 5.74) is 4.60. The van der Waals surface area contributed by atoms with Gasteiger partial charge < -0.3 is 14.4 Å². The van der Waals surface area contributed by atoms with Gasteiger partial charge in [0, 0.05) is 19.8 Å². The van der Waals surface area contributed by atoms with Crippen LogP contribution >= 0.6 is 11.3 Å². The minimum atomic E-state index is -0.505. The molecular formula is C22H25N3O3S. The first-order valence-electron chi connectivity index (χ1n) is 9.63. The molecule has 1 aliphatic heterocycles. The molecule has 1 atom stereocenters. The Labute approximate surface area is 174 Å². The molecule has 4 rings (SSSR count). The number of hydrogen-bond acceptors (Lipinski definition) is 5. The van der Waals surface area contributed by atoms with Gasteiger partial charge in [0.2, 0.25) is 0 Å². The Morgan fingerprint density at radius 1 is 1.17 bits per heavy atom. The van der Waals surface area contributed by atoms with Crippen LogP contribution in [-0.4, -0.2) is 48.1 Å². The first kappa shape index (κ1) is 19.8. The molecule has 3 heterocycles. The van der Waals surface area contributed by atoms with E-state index in [1.54, 1.807) is 30.5 Å². The van der Waals surface area contributed by atoms with Crippen LogP contribution in [0.2, 0.25) is 0 Å². The van der Waals surface area contributed by atoms with Gasteiger partial charge in [-0.05, 0) is 28.5 Å². The molecule has 7 heteroatoms. The molecule has 29 heavy (non-hydrogen) atoms. The van der Waals surface area contributed by atoms with Crippen LogP contribution < -0.4 is 0 Å². The molecule has 152 valence electrons. The summed E-state index contributed by atoms with van der Waals surface area (Å²) in [5, 5.41) is 9.49. The number of amides is 1. The highest BCUT2D eigenvalue weighted by Gasteiger charge is 2.43. The van der Waals surface area contributed by atoms with E-state index in [1.165, 1.54) is 5.56 Å². The van der Waals surface area contributed by atoms with Gasteiger partial charge >= 0.3 is 0 Å². The number of fused-ring (bicyclic) bond motifs is 1. The van der Waals surface area contributed by atoms with Gasteiger partial charge in [-0.15, -0.1) is 11.3 Å². The summed E-state index contributed by atoms with van der Waals surface area (Å²) < 4.78 is 10.8. The van der Waals surface area contributed by atoms with Crippen molar-refractivity contribution in [1.82, 2.24) is 15.1 Å². The van der Waals surface area contributed by atoms with E-state index in [9.17, 15) is 4.79 Å². The zero-order valence-corrected chi connectivity index (χ0v) is 17.8. The van der Waals surface area contributed by atoms with Crippen molar-refractivity contribution in [3.05, 3.63) is 64.2 Å². The third-order valence-corrected chi connectivity index (χ3v) is 6.30. The maximum Gasteiger partial charge on any atom is 0.275 e. The lowest BCUT2D eigenvalue weighted by atomic mass is 9.95. The predicted octanol–water partition coefficient (Wildman–Crippen LogP) is 4.43. The average molecular weight is 412 g/mol. The normalized spacial score (nSPS) is 16.3. The second-order valence-electron chi connectivity index (χ2n) is 7.42. The molecule has 0 spiro atoms. The zero-order chi connectivity index (χ0) is 20.5. The van der Waals surface area contributed by atoms with Crippen LogP contribution in [0.5, 0.6) is 0 Å². The predicted molar refractivity (Wildman–Crippen MR) is 113 cm³/mol. The minimum absolute atomic E-state index is 0.115. The summed E-state index contributed by atoms with van der Waals surface area (Å²) in [6, 6.07) is 12.3. The maximum absolute atomic E-state index is 13.2. The summed E-state index contributed by atoms with van der Waals surface area (Å²) in [4.78, 5) is 16.1. The fourth-order valence-corrected chi connectivity index (χ4v) is 4.54. The molecule has 1 aliphatic rings. The van der Waals surface area contributed by atoms with Gasteiger partial charge in [-0.2, -0.15) is 5.10 Å². The molecule has 6 nitrogen and oxygen atoms in total. The molecule has 0 bridgehead atoms. The van der Waals surface area contributed by atoms with Crippen LogP contribution in [0, 0.1) is 0 Å². The number of H-pyrrole nitrogens is 1. The van der Waals surface area contributed by atoms with Gasteiger partial charge in [0.25, 0.3) is 5.91 Å². The molecule has 3 aromatic rings. The van der Waals surface area contributed by atoms with Crippen LogP contribution in [0.15, 0.2) is 41.8 Å². The van der Waals surface area contributed by atoms with E-state index in [0.717, 1.165) is 21.7 Å². The monoisotopic (exact) mass is 411 g/mol. The molecular weight excluding hydrogens is 386 g/mol. The lowest BCUT2D eigenvalue weighted by Crippen LogP contribution is -2.38. The van der Waals surface area contributed by atoms with Crippen LogP contribution in [0.25, 0.3) is 10.6 Å². The van der Waals surface area contributed by atoms with Crippen LogP contribution in [0.1, 0.15) is 53.0 Å². The summed E-state index contributed by atoms with van der Waals surface area (Å²) in [5.74, 6) is 0.332. The third-order valence-electron chi connectivity index (χ3n) is 5.41. The largest absolute Gasteiger partial charge is 0.354 e. The first-order valence-corrected chi connectivity index (χ1v) is 10.5. The molecule has 0 radical (unpaired) electrons. The quantitative estimate of drug-likeness (QED) is 0.584. The maximum atomic E-state index is 13.2. The number of thiophene rings is 1. The van der Waals surface area contributed by atoms with E-state index in [2.05, 4.69) is 48.3 Å². The number of aromatic amines is 1. The Bertz CT molecular complexity index is 975. The van der Waals surface area contributed by atoms with Crippen LogP contribution in [0.3, 0.4) is 0 Å². The Kier molecular flexibility index (Phi) is 5.54. The van der Waals surface area contributed by atoms with Crippen LogP contribution in [-0.2, 0) is 9.47 Å². The number of rotatable bonds is 7. The van der Waals surface area contributed by atoms with E-state index in [-0.39, 0.29) is 11.9 Å². The van der Waals surface area contributed by atoms with Gasteiger partial charge in [0.05, 0.1) is 23.2 Å². The van der Waals surface area contributed by atoms with Crippen molar-refractivity contribution in [2.75, 3.05) is 20.8 Å². The second-order valence-corrected chi connectivity index (χ2v) is 8.37. The topological polar surface area (TPSA) is 67.5 Å². The lowest BCUT2D eigenvalue weighted by Gasteiger charge is -2.29. The lowest BCUT2D eigenvalue weighted by molar-refractivity contribution is -0.113. The minimum Gasteiger partial charge on any atom is -0.354 e. The number of hydrogen-bond donors (Lipinski definition) is 1. The highest BCUT2D eigenvalue weighted by molar-refractivity contribution is 7.13. The van der Waals surface area contributed by atoms with Gasteiger partial charge in [-0.3, -0.25) is 9.89 Å². The molecule has 0 fully saturated rings. The molecule has 1 unspecified atom stereocenters. The fourth-order valence-electron chi connectivity index (χ4n) is 3.80. The summed E-state index contributed by atoms with van der Waals surface area (Å²) in [7, 11) is 3.16. The molecule has 1 amide bonds. The van der Waals surface area contributed by atoms with Crippen LogP contribution in [0.4, 0.5) is 0 Å². The number of aromatic nitrogens is 2. The third kappa shape index (κ3) is 3.50. The zero-order valence-electron chi connectivity index (χ0n) is 17.0. The van der Waals surface area contributed by atoms with Crippen molar-refractivity contribution in [2.24, 2.45) is 0 Å². The number of ether oxygens (including phenoxy) is 2. The summed E-state index contributed by atoms with van der Waals surface area (Å²) >= 11 is 1.63. The molecule has 0 saturated carbocycles. The number of methoxy groups -OCH3 is 2. The number of carbonyl (C=O) groups excluding carboxylic acids is 1. The standard InChI is InChI=1S/C22H25N3O3S/c1-13(2)14-7-9-15(10-8-14)21-18-19(16-6-5-11-29-16)23-24-20(18)22(26)25(21)12-17(27-3)28-4/h5-11,13,17,21H,12H2,1-4H3,(H,23,24). The summed E-state index contributed by atoms with van der Waals surface area (Å²) in [6.45, 7) is 4.67. The van der Waals surface area contributed by atoms with Crippen molar-refractivity contribution in [2.45, 2.75) is 32.1 Å². The number of carbonyl (C=O) groups is 1. The van der Waals surface area contributed by atoms with Crippen molar-refractivity contribution >= 4 is 17.2 Å². The van der Waals surface area contributed by atoms with Gasteiger partial charge in [0.1, 0.15) is 0 Å². The van der Waals surface area contributed by atoms with Gasteiger partial charge in [-0.25, -0.2) is 0 Å². The average Bonchev–Trinajstić information content (AvgIpc) is 3.44. The highest BCUT2D eigenvalue weighted by Crippen LogP contribution is 2.43. The van der Waals surface area contributed by atoms with E-state index in [0.29, 0.717) is 18.2 Å². The smallest absolute Gasteiger partial charge is 0.275 e. The fraction of sp³-hybridized carbons (Fsp3) is 0.364. The SMILES string of the molecule is COC(CN1C(=O)c2n[nH]c(-c3cccs3)c2C1c1ccc(C(C)C)cc1)OC. The van der Waals surface area contributed by atoms with Crippen molar-refractivity contribution < 1.29 is 14.3 Å². The van der Waals surface area contributed by atoms with Crippen molar-refractivity contribution in [1.29, 1.82) is 0 Å². The van der Waals surface area contributed by atoms with Crippen molar-refractivity contribution in [3.8, 4) is 10.6 Å². The molecule has 0 saturated heterocycles. The molecule has 2 aromatic heterocycles. The molecule has 1 N–H and O–H groups in total.